The zero-order valence-corrected chi connectivity index (χ0v) is 73.8. The van der Waals surface area contributed by atoms with Gasteiger partial charge < -0.3 is 61.5 Å². The van der Waals surface area contributed by atoms with Crippen LogP contribution < -0.4 is 0 Å². The third kappa shape index (κ3) is 146. The third-order valence-electron chi connectivity index (χ3n) is 9.48. The van der Waals surface area contributed by atoms with Crippen LogP contribution in [0.5, 0.6) is 0 Å². The molecule has 3 saturated heterocycles. The Balaban J connectivity index is -0.0000000978. The van der Waals surface area contributed by atoms with Gasteiger partial charge >= 0.3 is 65.4 Å². The summed E-state index contributed by atoms with van der Waals surface area (Å²) in [6.07, 6.45) is 2.41. The number of likely N-dealkylation sites (tertiary alicyclic amines) is 2. The summed E-state index contributed by atoms with van der Waals surface area (Å²) in [6.45, 7) is 76.7. The van der Waals surface area contributed by atoms with Gasteiger partial charge in [-0.1, -0.05) is 179 Å². The SMILES string of the molecule is CC(C)CC1CN(C)C1.CC(C)CN1CC(C)C1.CC(C)CN1COC1.CN(C)CC#CCC(C)(C)C.CN(C)CC(C)(C)C.CN(C)CN(C)CC(C)(C)C.CN(C)COCN(C)CC(C)(C)C.[CH2-]C(C)(C)C.[CH2-]C(C)C.[CH2-]N([CH2-])C.[CH2-][N+]([CH2-])(C)C.[Y+3].[Y+3]. The second kappa shape index (κ2) is 61.6. The van der Waals surface area contributed by atoms with Crippen molar-refractivity contribution in [3.63, 3.8) is 0 Å². The topological polar surface area (TPSA) is 50.9 Å². The van der Waals surface area contributed by atoms with Crippen LogP contribution in [0.2, 0.25) is 0 Å². The van der Waals surface area contributed by atoms with Gasteiger partial charge in [-0.05, 0) is 135 Å². The Hall–Kier alpha value is 1.25. The predicted octanol–water partition coefficient (Wildman–Crippen LogP) is 15.1. The van der Waals surface area contributed by atoms with Gasteiger partial charge in [0, 0.05) is 86.1 Å². The summed E-state index contributed by atoms with van der Waals surface area (Å²) < 4.78 is 10.9. The average Bonchev–Trinajstić information content (AvgIpc) is 3.16. The van der Waals surface area contributed by atoms with Crippen molar-refractivity contribution in [3.05, 3.63) is 42.0 Å². The Morgan fingerprint density at radius 3 is 1.10 bits per heavy atom. The molecule has 3 aliphatic heterocycles. The van der Waals surface area contributed by atoms with E-state index in [0.29, 0.717) is 45.5 Å². The zero-order chi connectivity index (χ0) is 71.1. The number of hydrogen-bond acceptors (Lipinski definition) is 12. The number of hydrogen-bond donors (Lipinski definition) is 0. The molecule has 0 atom stereocenters. The summed E-state index contributed by atoms with van der Waals surface area (Å²) in [6, 6.07) is 0. The quantitative estimate of drug-likeness (QED) is 0.0640. The fourth-order valence-corrected chi connectivity index (χ4v) is 8.05. The van der Waals surface area contributed by atoms with Gasteiger partial charge in [0.05, 0.1) is 6.54 Å². The Morgan fingerprint density at radius 1 is 0.539 bits per heavy atom. The van der Waals surface area contributed by atoms with E-state index in [2.05, 4.69) is 309 Å². The van der Waals surface area contributed by atoms with Crippen molar-refractivity contribution in [2.75, 3.05) is 198 Å². The van der Waals surface area contributed by atoms with Crippen molar-refractivity contribution in [1.29, 1.82) is 0 Å². The first-order valence-electron chi connectivity index (χ1n) is 32.8. The van der Waals surface area contributed by atoms with Crippen LogP contribution in [0.4, 0.5) is 0 Å². The fraction of sp³-hybridized carbons (Fsp3) is 0.892. The number of quaternary nitrogens is 1. The first-order valence-corrected chi connectivity index (χ1v) is 32.8. The first-order chi connectivity index (χ1) is 38.6. The van der Waals surface area contributed by atoms with Crippen molar-refractivity contribution in [2.24, 2.45) is 62.6 Å². The van der Waals surface area contributed by atoms with Gasteiger partial charge in [-0.3, -0.25) is 29.4 Å². The minimum absolute atomic E-state index is 0. The van der Waals surface area contributed by atoms with Crippen LogP contribution in [0.25, 0.3) is 0 Å². The molecule has 0 radical (unpaired) electrons. The molecule has 15 heteroatoms. The van der Waals surface area contributed by atoms with E-state index in [1.807, 2.05) is 47.2 Å². The molecule has 0 aliphatic carbocycles. The van der Waals surface area contributed by atoms with E-state index in [1.54, 1.807) is 7.05 Å². The van der Waals surface area contributed by atoms with Crippen LogP contribution in [0, 0.1) is 116 Å². The van der Waals surface area contributed by atoms with E-state index in [-0.39, 0.29) is 70.8 Å². The monoisotopic (exact) mass is 1420 g/mol. The van der Waals surface area contributed by atoms with Gasteiger partial charge in [0.25, 0.3) is 0 Å². The van der Waals surface area contributed by atoms with Crippen molar-refractivity contribution in [3.8, 4) is 11.8 Å². The molecule has 0 amide bonds. The zero-order valence-electron chi connectivity index (χ0n) is 68.1. The molecular formula is C74H166N11O2Y2+. The Kier molecular flexibility index (Phi) is 77.2. The van der Waals surface area contributed by atoms with E-state index in [1.165, 1.54) is 50.6 Å². The largest absolute Gasteiger partial charge is 3.00 e. The molecule has 89 heavy (non-hydrogen) atoms. The molecule has 3 aliphatic rings. The number of nitrogens with zero attached hydrogens (tertiary/aromatic N) is 11. The summed E-state index contributed by atoms with van der Waals surface area (Å²) in [5.74, 6) is 11.4. The van der Waals surface area contributed by atoms with Crippen molar-refractivity contribution in [2.45, 2.75) is 179 Å². The average molecular weight is 1420 g/mol. The van der Waals surface area contributed by atoms with Crippen molar-refractivity contribution in [1.82, 2.24) is 49.0 Å². The van der Waals surface area contributed by atoms with Crippen LogP contribution in [0.1, 0.15) is 179 Å². The Morgan fingerprint density at radius 2 is 0.888 bits per heavy atom. The summed E-state index contributed by atoms with van der Waals surface area (Å²) in [5.41, 5.74) is 1.80. The molecule has 0 unspecified atom stereocenters. The third-order valence-corrected chi connectivity index (χ3v) is 9.48. The van der Waals surface area contributed by atoms with Crippen LogP contribution in [-0.2, 0) is 74.9 Å². The molecule has 0 saturated carbocycles. The van der Waals surface area contributed by atoms with Gasteiger partial charge in [0.2, 0.25) is 0 Å². The van der Waals surface area contributed by atoms with E-state index in [0.717, 1.165) is 82.3 Å². The van der Waals surface area contributed by atoms with Gasteiger partial charge in [0.1, 0.15) is 26.9 Å². The molecule has 534 valence electrons. The van der Waals surface area contributed by atoms with Gasteiger partial charge in [0.15, 0.2) is 0 Å². The summed E-state index contributed by atoms with van der Waals surface area (Å²) >= 11 is 0. The fourth-order valence-electron chi connectivity index (χ4n) is 8.05. The maximum atomic E-state index is 5.45. The minimum atomic E-state index is 0. The Labute approximate surface area is 616 Å². The van der Waals surface area contributed by atoms with Gasteiger partial charge in [-0.25, -0.2) is 0 Å². The molecule has 0 N–H and O–H groups in total. The minimum Gasteiger partial charge on any atom is -0.613 e. The molecule has 3 fully saturated rings. The number of ether oxygens (including phenoxy) is 2. The standard InChI is InChI=1S/C10H24N2O.C10H19N.C9H22N2.2C8H17N.C7H17N.C6H13NO.C5H11.C4H10N.C4H9.C3H7N.2Y/c1-10(2,3)7-12(6)9-13-8-11(4)5;1-10(2,3)8-6-7-9-11(4)5;1-9(2,3)7-11(6)8-10(4)5;1-7(2)4-8-5-9(3)6-8;1-7(2)4-9-5-8(3)6-9;1-7(2,3)6-8(4)5;1-6(2)3-7-4-8-5-7;2*1-5(2,3)4;2*1-4(2)3;;/h7-9H2,1-6H3;8-9H2,1-5H3;7-8H2,1-6H3;2*7-8H,4-6H2,1-3H3;6H2,1-5H3;6H,3-5H2,1-2H3;1H2,2-4H3;1-2H2,3-4H3;4H,1H2,2-3H3;1-2H2,3H3;;/q;;;;;;;3*-1;-2;2*+3. The molecule has 13 nitrogen and oxygen atoms in total. The van der Waals surface area contributed by atoms with E-state index >= 15 is 0 Å². The van der Waals surface area contributed by atoms with Crippen molar-refractivity contribution >= 4 is 0 Å². The van der Waals surface area contributed by atoms with Crippen LogP contribution in [0.3, 0.4) is 0 Å². The van der Waals surface area contributed by atoms with Gasteiger partial charge in [-0.15, -0.1) is 5.92 Å². The smallest absolute Gasteiger partial charge is 0.613 e. The molecule has 3 rings (SSSR count). The number of rotatable bonds is 16. The maximum Gasteiger partial charge on any atom is 3.00 e. The normalized spacial score (nSPS) is 14.7. The van der Waals surface area contributed by atoms with Crippen LogP contribution in [0.15, 0.2) is 0 Å². The van der Waals surface area contributed by atoms with Crippen molar-refractivity contribution < 1.29 is 79.4 Å². The molecular weight excluding hydrogens is 1250 g/mol. The first kappa shape index (κ1) is 112. The maximum absolute atomic E-state index is 5.45. The molecule has 0 bridgehead atoms. The predicted molar refractivity (Wildman–Crippen MR) is 395 cm³/mol. The molecule has 0 aromatic carbocycles. The summed E-state index contributed by atoms with van der Waals surface area (Å²) in [7, 11) is 42.4. The summed E-state index contributed by atoms with van der Waals surface area (Å²) in [4.78, 5) is 21.7. The van der Waals surface area contributed by atoms with E-state index in [4.69, 9.17) is 9.47 Å². The van der Waals surface area contributed by atoms with Crippen LogP contribution >= 0.6 is 0 Å². The molecule has 0 spiro atoms. The molecule has 3 heterocycles. The van der Waals surface area contributed by atoms with E-state index < -0.39 is 0 Å². The second-order valence-corrected chi connectivity index (χ2v) is 34.9. The molecule has 0 aromatic heterocycles. The van der Waals surface area contributed by atoms with Gasteiger partial charge in [-0.2, -0.15) is 25.4 Å². The molecule has 0 aromatic rings. The van der Waals surface area contributed by atoms with E-state index in [9.17, 15) is 0 Å². The van der Waals surface area contributed by atoms with Crippen LogP contribution in [-0.4, -0.2) is 251 Å². The summed E-state index contributed by atoms with van der Waals surface area (Å²) in [5, 5.41) is 0. The second-order valence-electron chi connectivity index (χ2n) is 34.9. The Bertz CT molecular complexity index is 1430.